The molecule has 2 aromatic rings. The van der Waals surface area contributed by atoms with Gasteiger partial charge in [0, 0.05) is 23.3 Å². The Hall–Kier alpha value is -2.94. The van der Waals surface area contributed by atoms with Crippen LogP contribution in [0.4, 0.5) is 5.69 Å². The zero-order valence-corrected chi connectivity index (χ0v) is 17.5. The number of unbranched alkanes of at least 4 members (excludes halogenated alkanes) is 3. The number of rotatable bonds is 9. The summed E-state index contributed by atoms with van der Waals surface area (Å²) >= 11 is 3.39. The molecule has 0 heterocycles. The van der Waals surface area contributed by atoms with Crippen molar-refractivity contribution in [1.82, 2.24) is 10.9 Å². The van der Waals surface area contributed by atoms with Crippen molar-refractivity contribution in [3.63, 3.8) is 0 Å². The normalized spacial score (nSPS) is 10.3. The largest absolute Gasteiger partial charge is 0.492 e. The first-order chi connectivity index (χ1) is 13.9. The highest BCUT2D eigenvalue weighted by Gasteiger charge is 2.13. The highest BCUT2D eigenvalue weighted by Crippen LogP contribution is 2.26. The molecule has 0 atom stereocenters. The molecule has 154 valence electrons. The van der Waals surface area contributed by atoms with Crippen LogP contribution < -0.4 is 15.6 Å². The molecule has 0 saturated carbocycles. The number of non-ortho nitro benzene ring substituents is 1. The molecule has 8 nitrogen and oxygen atoms in total. The maximum atomic E-state index is 12.2. The molecular weight excluding hydrogens is 442 g/mol. The Morgan fingerprint density at radius 1 is 1.00 bits per heavy atom. The van der Waals surface area contributed by atoms with E-state index in [9.17, 15) is 19.7 Å². The van der Waals surface area contributed by atoms with Crippen molar-refractivity contribution < 1.29 is 19.2 Å². The summed E-state index contributed by atoms with van der Waals surface area (Å²) in [6, 6.07) is 9.95. The van der Waals surface area contributed by atoms with Crippen molar-refractivity contribution in [3.8, 4) is 5.75 Å². The van der Waals surface area contributed by atoms with Gasteiger partial charge in [0.25, 0.3) is 17.5 Å². The summed E-state index contributed by atoms with van der Waals surface area (Å²) in [5.41, 5.74) is 4.99. The van der Waals surface area contributed by atoms with Crippen molar-refractivity contribution in [2.45, 2.75) is 32.6 Å². The van der Waals surface area contributed by atoms with E-state index in [-0.39, 0.29) is 11.3 Å². The van der Waals surface area contributed by atoms with Crippen LogP contribution in [-0.4, -0.2) is 23.3 Å². The van der Waals surface area contributed by atoms with E-state index in [0.29, 0.717) is 22.4 Å². The quantitative estimate of drug-likeness (QED) is 0.325. The highest BCUT2D eigenvalue weighted by molar-refractivity contribution is 9.10. The third-order valence-corrected chi connectivity index (χ3v) is 4.70. The number of hydrazine groups is 1. The Morgan fingerprint density at radius 3 is 2.21 bits per heavy atom. The van der Waals surface area contributed by atoms with E-state index >= 15 is 0 Å². The van der Waals surface area contributed by atoms with Crippen LogP contribution in [0.5, 0.6) is 5.75 Å². The fraction of sp³-hybridized carbons (Fsp3) is 0.300. The molecule has 0 aliphatic carbocycles. The first kappa shape index (κ1) is 22.4. The average Bonchev–Trinajstić information content (AvgIpc) is 2.72. The summed E-state index contributed by atoms with van der Waals surface area (Å²) in [6.07, 6.45) is 4.42. The number of amides is 2. The number of hydrogen-bond acceptors (Lipinski definition) is 5. The minimum absolute atomic E-state index is 0.122. The number of carbonyl (C=O) groups is 2. The van der Waals surface area contributed by atoms with Crippen LogP contribution in [0.1, 0.15) is 53.3 Å². The molecule has 0 aromatic heterocycles. The molecule has 0 fully saturated rings. The predicted octanol–water partition coefficient (Wildman–Crippen LogP) is 4.39. The number of nitrogens with zero attached hydrogens (tertiary/aromatic N) is 1. The minimum atomic E-state index is -0.584. The molecule has 29 heavy (non-hydrogen) atoms. The minimum Gasteiger partial charge on any atom is -0.492 e. The second kappa shape index (κ2) is 11.2. The number of nitrogens with one attached hydrogen (secondary N) is 2. The van der Waals surface area contributed by atoms with Gasteiger partial charge < -0.3 is 4.74 Å². The van der Waals surface area contributed by atoms with Crippen molar-refractivity contribution >= 4 is 33.4 Å². The van der Waals surface area contributed by atoms with Crippen molar-refractivity contribution in [1.29, 1.82) is 0 Å². The second-order valence-electron chi connectivity index (χ2n) is 6.27. The Kier molecular flexibility index (Phi) is 8.60. The number of halogens is 1. The van der Waals surface area contributed by atoms with Gasteiger partial charge in [-0.2, -0.15) is 0 Å². The van der Waals surface area contributed by atoms with E-state index in [2.05, 4.69) is 33.7 Å². The van der Waals surface area contributed by atoms with Gasteiger partial charge in [-0.25, -0.2) is 0 Å². The van der Waals surface area contributed by atoms with Gasteiger partial charge in [0.05, 0.1) is 16.0 Å². The predicted molar refractivity (Wildman–Crippen MR) is 112 cm³/mol. The van der Waals surface area contributed by atoms with Crippen LogP contribution in [0, 0.1) is 10.1 Å². The molecule has 2 rings (SSSR count). The maximum Gasteiger partial charge on any atom is 0.269 e. The first-order valence-electron chi connectivity index (χ1n) is 9.20. The molecule has 0 bridgehead atoms. The van der Waals surface area contributed by atoms with Crippen LogP contribution in [0.25, 0.3) is 0 Å². The molecule has 9 heteroatoms. The number of carbonyl (C=O) groups excluding carboxylic acids is 2. The summed E-state index contributed by atoms with van der Waals surface area (Å²) in [7, 11) is 0. The Bertz CT molecular complexity index is 871. The van der Waals surface area contributed by atoms with Crippen LogP contribution in [-0.2, 0) is 0 Å². The first-order valence-corrected chi connectivity index (χ1v) is 9.99. The molecule has 0 unspecified atom stereocenters. The summed E-state index contributed by atoms with van der Waals surface area (Å²) in [5.74, 6) is -0.442. The lowest BCUT2D eigenvalue weighted by molar-refractivity contribution is -0.384. The van der Waals surface area contributed by atoms with E-state index in [1.165, 1.54) is 30.7 Å². The fourth-order valence-electron chi connectivity index (χ4n) is 2.46. The Balaban J connectivity index is 1.87. The molecule has 2 amide bonds. The smallest absolute Gasteiger partial charge is 0.269 e. The van der Waals surface area contributed by atoms with E-state index in [0.717, 1.165) is 19.3 Å². The maximum absolute atomic E-state index is 12.2. The summed E-state index contributed by atoms with van der Waals surface area (Å²) in [5, 5.41) is 10.6. The summed E-state index contributed by atoms with van der Waals surface area (Å²) < 4.78 is 6.35. The van der Waals surface area contributed by atoms with Gasteiger partial charge in [-0.05, 0) is 52.7 Å². The van der Waals surface area contributed by atoms with E-state index in [4.69, 9.17) is 4.74 Å². The highest BCUT2D eigenvalue weighted by atomic mass is 79.9. The van der Waals surface area contributed by atoms with Crippen LogP contribution in [0.2, 0.25) is 0 Å². The second-order valence-corrected chi connectivity index (χ2v) is 7.12. The van der Waals surface area contributed by atoms with E-state index in [1.54, 1.807) is 18.2 Å². The van der Waals surface area contributed by atoms with Gasteiger partial charge in [0.2, 0.25) is 0 Å². The monoisotopic (exact) mass is 463 g/mol. The molecule has 0 aliphatic rings. The zero-order valence-electron chi connectivity index (χ0n) is 15.9. The average molecular weight is 464 g/mol. The Labute approximate surface area is 176 Å². The van der Waals surface area contributed by atoms with Gasteiger partial charge in [0.15, 0.2) is 0 Å². The third-order valence-electron chi connectivity index (χ3n) is 4.08. The van der Waals surface area contributed by atoms with E-state index < -0.39 is 16.7 Å². The van der Waals surface area contributed by atoms with Crippen LogP contribution in [0.3, 0.4) is 0 Å². The number of benzene rings is 2. The molecule has 2 aromatic carbocycles. The SMILES string of the molecule is CCCCCCOc1ccc(C(=O)NNC(=O)c2ccc([N+](=O)[O-])cc2)cc1Br. The van der Waals surface area contributed by atoms with E-state index in [1.807, 2.05) is 0 Å². The van der Waals surface area contributed by atoms with Crippen LogP contribution in [0.15, 0.2) is 46.9 Å². The molecule has 0 aliphatic heterocycles. The number of ether oxygens (including phenoxy) is 1. The standard InChI is InChI=1S/C20H22BrN3O5/c1-2-3-4-5-12-29-18-11-8-15(13-17(18)21)20(26)23-22-19(25)14-6-9-16(10-7-14)24(27)28/h6-11,13H,2-5,12H2,1H3,(H,22,25)(H,23,26). The number of hydrogen-bond donors (Lipinski definition) is 2. The topological polar surface area (TPSA) is 111 Å². The van der Waals surface area contributed by atoms with Crippen LogP contribution >= 0.6 is 15.9 Å². The lowest BCUT2D eigenvalue weighted by Crippen LogP contribution is -2.41. The number of nitro groups is 1. The number of nitro benzene ring substituents is 1. The summed E-state index contributed by atoms with van der Waals surface area (Å²) in [6.45, 7) is 2.75. The van der Waals surface area contributed by atoms with Gasteiger partial charge in [-0.1, -0.05) is 26.2 Å². The molecule has 0 spiro atoms. The summed E-state index contributed by atoms with van der Waals surface area (Å²) in [4.78, 5) is 34.4. The molecule has 2 N–H and O–H groups in total. The van der Waals surface area contributed by atoms with Gasteiger partial charge >= 0.3 is 0 Å². The van der Waals surface area contributed by atoms with Gasteiger partial charge in [-0.3, -0.25) is 30.6 Å². The Morgan fingerprint density at radius 2 is 1.62 bits per heavy atom. The molecular formula is C20H22BrN3O5. The lowest BCUT2D eigenvalue weighted by Gasteiger charge is -2.11. The molecule has 0 saturated heterocycles. The zero-order chi connectivity index (χ0) is 21.2. The fourth-order valence-corrected chi connectivity index (χ4v) is 2.96. The lowest BCUT2D eigenvalue weighted by atomic mass is 10.2. The molecule has 0 radical (unpaired) electrons. The van der Waals surface area contributed by atoms with Crippen molar-refractivity contribution in [2.75, 3.05) is 6.61 Å². The van der Waals surface area contributed by atoms with Gasteiger partial charge in [0.1, 0.15) is 5.75 Å². The van der Waals surface area contributed by atoms with Crippen molar-refractivity contribution in [3.05, 3.63) is 68.2 Å². The third kappa shape index (κ3) is 6.86. The van der Waals surface area contributed by atoms with Crippen molar-refractivity contribution in [2.24, 2.45) is 0 Å². The van der Waals surface area contributed by atoms with Gasteiger partial charge in [-0.15, -0.1) is 0 Å².